The Morgan fingerprint density at radius 3 is 2.71 bits per heavy atom. The van der Waals surface area contributed by atoms with Gasteiger partial charge >= 0.3 is 0 Å². The van der Waals surface area contributed by atoms with Crippen LogP contribution in [0.4, 0.5) is 0 Å². The Balaban J connectivity index is 2.42. The van der Waals surface area contributed by atoms with Gasteiger partial charge < -0.3 is 9.84 Å². The van der Waals surface area contributed by atoms with Crippen molar-refractivity contribution in [2.45, 2.75) is 39.2 Å². The van der Waals surface area contributed by atoms with E-state index >= 15 is 0 Å². The molecule has 0 spiro atoms. The molecule has 98 valence electrons. The summed E-state index contributed by atoms with van der Waals surface area (Å²) >= 11 is 6.10. The van der Waals surface area contributed by atoms with Gasteiger partial charge in [-0.3, -0.25) is 4.68 Å². The van der Waals surface area contributed by atoms with Gasteiger partial charge in [-0.15, -0.1) is 0 Å². The highest BCUT2D eigenvalue weighted by atomic mass is 35.5. The van der Waals surface area contributed by atoms with Crippen LogP contribution in [0.2, 0.25) is 5.15 Å². The molecule has 1 aromatic heterocycles. The standard InChI is InChI=1S/C12H21ClN2O2/c1-4-6-17-7-5-10(16)8-11-9(2)14-15(3)12(11)13/h10,16H,4-8H2,1-3H3. The minimum Gasteiger partial charge on any atom is -0.393 e. The first-order valence-corrected chi connectivity index (χ1v) is 6.37. The zero-order chi connectivity index (χ0) is 12.8. The van der Waals surface area contributed by atoms with Gasteiger partial charge in [0.2, 0.25) is 0 Å². The molecule has 4 nitrogen and oxygen atoms in total. The van der Waals surface area contributed by atoms with Crippen LogP contribution in [0.3, 0.4) is 0 Å². The molecule has 1 unspecified atom stereocenters. The van der Waals surface area contributed by atoms with Crippen molar-refractivity contribution in [2.24, 2.45) is 7.05 Å². The summed E-state index contributed by atoms with van der Waals surface area (Å²) in [5.41, 5.74) is 1.81. The van der Waals surface area contributed by atoms with Crippen LogP contribution in [-0.4, -0.2) is 34.2 Å². The molecular formula is C12H21ClN2O2. The van der Waals surface area contributed by atoms with Gasteiger partial charge in [-0.2, -0.15) is 5.10 Å². The van der Waals surface area contributed by atoms with Crippen LogP contribution < -0.4 is 0 Å². The second kappa shape index (κ2) is 6.99. The van der Waals surface area contributed by atoms with Crippen molar-refractivity contribution in [3.63, 3.8) is 0 Å². The van der Waals surface area contributed by atoms with Gasteiger partial charge in [-0.1, -0.05) is 18.5 Å². The summed E-state index contributed by atoms with van der Waals surface area (Å²) < 4.78 is 6.97. The van der Waals surface area contributed by atoms with Crippen molar-refractivity contribution in [3.8, 4) is 0 Å². The lowest BCUT2D eigenvalue weighted by molar-refractivity contribution is 0.0823. The topological polar surface area (TPSA) is 47.3 Å². The Morgan fingerprint density at radius 1 is 1.47 bits per heavy atom. The fraction of sp³-hybridized carbons (Fsp3) is 0.750. The van der Waals surface area contributed by atoms with Gasteiger partial charge in [-0.05, 0) is 19.8 Å². The molecule has 1 rings (SSSR count). The predicted octanol–water partition coefficient (Wildman–Crippen LogP) is 2.10. The fourth-order valence-electron chi connectivity index (χ4n) is 1.71. The molecule has 0 aliphatic heterocycles. The summed E-state index contributed by atoms with van der Waals surface area (Å²) in [7, 11) is 1.80. The smallest absolute Gasteiger partial charge is 0.130 e. The van der Waals surface area contributed by atoms with E-state index in [4.69, 9.17) is 16.3 Å². The van der Waals surface area contributed by atoms with E-state index in [0.29, 0.717) is 24.6 Å². The molecule has 5 heteroatoms. The molecule has 0 saturated carbocycles. The monoisotopic (exact) mass is 260 g/mol. The Kier molecular flexibility index (Phi) is 5.95. The zero-order valence-electron chi connectivity index (χ0n) is 10.7. The maximum absolute atomic E-state index is 9.88. The number of rotatable bonds is 7. The molecule has 17 heavy (non-hydrogen) atoms. The summed E-state index contributed by atoms with van der Waals surface area (Å²) in [4.78, 5) is 0. The minimum absolute atomic E-state index is 0.424. The Labute approximate surface area is 108 Å². The zero-order valence-corrected chi connectivity index (χ0v) is 11.5. The Hall–Kier alpha value is -0.580. The normalized spacial score (nSPS) is 13.0. The molecule has 0 aromatic carbocycles. The summed E-state index contributed by atoms with van der Waals surface area (Å²) in [6.07, 6.45) is 1.75. The lowest BCUT2D eigenvalue weighted by atomic mass is 10.1. The molecule has 0 aliphatic rings. The number of ether oxygens (including phenoxy) is 1. The predicted molar refractivity (Wildman–Crippen MR) is 68.4 cm³/mol. The molecule has 1 N–H and O–H groups in total. The van der Waals surface area contributed by atoms with Gasteiger partial charge in [-0.25, -0.2) is 0 Å². The lowest BCUT2D eigenvalue weighted by Gasteiger charge is -2.10. The minimum atomic E-state index is -0.424. The van der Waals surface area contributed by atoms with Crippen LogP contribution in [0.1, 0.15) is 31.0 Å². The maximum Gasteiger partial charge on any atom is 0.130 e. The second-order valence-electron chi connectivity index (χ2n) is 4.24. The van der Waals surface area contributed by atoms with Crippen molar-refractivity contribution in [1.82, 2.24) is 9.78 Å². The van der Waals surface area contributed by atoms with Crippen molar-refractivity contribution in [3.05, 3.63) is 16.4 Å². The van der Waals surface area contributed by atoms with Gasteiger partial charge in [0.15, 0.2) is 0 Å². The number of aromatic nitrogens is 2. The van der Waals surface area contributed by atoms with Gasteiger partial charge in [0.05, 0.1) is 11.8 Å². The first-order valence-electron chi connectivity index (χ1n) is 6.00. The fourth-order valence-corrected chi connectivity index (χ4v) is 1.96. The average molecular weight is 261 g/mol. The quantitative estimate of drug-likeness (QED) is 0.764. The number of nitrogens with zero attached hydrogens (tertiary/aromatic N) is 2. The highest BCUT2D eigenvalue weighted by Crippen LogP contribution is 2.20. The van der Waals surface area contributed by atoms with Crippen molar-refractivity contribution in [1.29, 1.82) is 0 Å². The van der Waals surface area contributed by atoms with Crippen LogP contribution in [-0.2, 0) is 18.2 Å². The third kappa shape index (κ3) is 4.30. The van der Waals surface area contributed by atoms with Crippen LogP contribution in [0.25, 0.3) is 0 Å². The van der Waals surface area contributed by atoms with E-state index in [1.807, 2.05) is 6.92 Å². The van der Waals surface area contributed by atoms with Crippen LogP contribution in [0, 0.1) is 6.92 Å². The third-order valence-electron chi connectivity index (χ3n) is 2.65. The third-order valence-corrected chi connectivity index (χ3v) is 3.13. The molecule has 0 fully saturated rings. The van der Waals surface area contributed by atoms with Gasteiger partial charge in [0.1, 0.15) is 5.15 Å². The van der Waals surface area contributed by atoms with Gasteiger partial charge in [0, 0.05) is 32.2 Å². The summed E-state index contributed by atoms with van der Waals surface area (Å²) in [5, 5.41) is 14.7. The van der Waals surface area contributed by atoms with Crippen LogP contribution in [0.15, 0.2) is 0 Å². The molecule has 0 amide bonds. The van der Waals surface area contributed by atoms with E-state index in [1.54, 1.807) is 11.7 Å². The molecule has 1 atom stereocenters. The van der Waals surface area contributed by atoms with E-state index in [9.17, 15) is 5.11 Å². The lowest BCUT2D eigenvalue weighted by Crippen LogP contribution is -2.14. The number of halogens is 1. The van der Waals surface area contributed by atoms with Crippen molar-refractivity contribution in [2.75, 3.05) is 13.2 Å². The SMILES string of the molecule is CCCOCCC(O)Cc1c(C)nn(C)c1Cl. The molecule has 1 heterocycles. The Bertz CT molecular complexity index is 353. The Morgan fingerprint density at radius 2 is 2.18 bits per heavy atom. The number of aliphatic hydroxyl groups excluding tert-OH is 1. The number of aryl methyl sites for hydroxylation is 2. The largest absolute Gasteiger partial charge is 0.393 e. The summed E-state index contributed by atoms with van der Waals surface area (Å²) in [6.45, 7) is 5.31. The highest BCUT2D eigenvalue weighted by Gasteiger charge is 2.15. The van der Waals surface area contributed by atoms with E-state index in [-0.39, 0.29) is 0 Å². The van der Waals surface area contributed by atoms with Crippen molar-refractivity contribution >= 4 is 11.6 Å². The van der Waals surface area contributed by atoms with E-state index in [2.05, 4.69) is 12.0 Å². The number of hydrogen-bond acceptors (Lipinski definition) is 3. The summed E-state index contributed by atoms with van der Waals surface area (Å²) in [5.74, 6) is 0. The second-order valence-corrected chi connectivity index (χ2v) is 4.60. The first kappa shape index (κ1) is 14.5. The molecule has 0 radical (unpaired) electrons. The molecule has 1 aromatic rings. The maximum atomic E-state index is 9.88. The number of aliphatic hydroxyl groups is 1. The van der Waals surface area contributed by atoms with E-state index < -0.39 is 6.10 Å². The number of hydrogen-bond donors (Lipinski definition) is 1. The van der Waals surface area contributed by atoms with E-state index in [0.717, 1.165) is 24.3 Å². The first-order chi connectivity index (χ1) is 8.06. The molecular weight excluding hydrogens is 240 g/mol. The molecule has 0 saturated heterocycles. The van der Waals surface area contributed by atoms with E-state index in [1.165, 1.54) is 0 Å². The molecule has 0 bridgehead atoms. The average Bonchev–Trinajstić information content (AvgIpc) is 2.52. The van der Waals surface area contributed by atoms with Crippen LogP contribution in [0.5, 0.6) is 0 Å². The van der Waals surface area contributed by atoms with Gasteiger partial charge in [0.25, 0.3) is 0 Å². The van der Waals surface area contributed by atoms with Crippen molar-refractivity contribution < 1.29 is 9.84 Å². The summed E-state index contributed by atoms with van der Waals surface area (Å²) in [6, 6.07) is 0. The highest BCUT2D eigenvalue weighted by molar-refractivity contribution is 6.30. The molecule has 0 aliphatic carbocycles. The van der Waals surface area contributed by atoms with Crippen LogP contribution >= 0.6 is 11.6 Å².